The van der Waals surface area contributed by atoms with Crippen LogP contribution in [0.5, 0.6) is 5.75 Å². The topological polar surface area (TPSA) is 70.8 Å². The summed E-state index contributed by atoms with van der Waals surface area (Å²) < 4.78 is 33.4. The Morgan fingerprint density at radius 3 is 2.65 bits per heavy atom. The van der Waals surface area contributed by atoms with E-state index in [9.17, 15) is 19.0 Å². The van der Waals surface area contributed by atoms with Crippen LogP contribution in [-0.2, 0) is 13.6 Å². The summed E-state index contributed by atoms with van der Waals surface area (Å²) in [4.78, 5) is 6.64. The lowest BCUT2D eigenvalue weighted by Crippen LogP contribution is -2.47. The molecule has 34 heavy (non-hydrogen) atoms. The van der Waals surface area contributed by atoms with Gasteiger partial charge in [0, 0.05) is 42.7 Å². The predicted molar refractivity (Wildman–Crippen MR) is 126 cm³/mol. The summed E-state index contributed by atoms with van der Waals surface area (Å²) in [5, 5.41) is 20.0. The number of imidazole rings is 1. The maximum Gasteiger partial charge on any atom is 0.387 e. The zero-order valence-corrected chi connectivity index (χ0v) is 19.5. The molecule has 1 aliphatic heterocycles. The number of piperidine rings is 1. The van der Waals surface area contributed by atoms with Gasteiger partial charge >= 0.3 is 6.61 Å². The standard InChI is InChI=1S/C26H31F2N3O3/c1-26(33,17-32)21-9-6-12-31(16-21)15-20-11-10-19(13-23(20)34-25(27)28)22-14-29-24(30(22)2)18-7-4-3-5-8-18/h3-5,7-8,10-11,13-14,21,25,32-33H,6,9,12,15-17H2,1-2H3/t21-,26+/m0/s1. The lowest BCUT2D eigenvalue weighted by Gasteiger charge is -2.39. The highest BCUT2D eigenvalue weighted by Crippen LogP contribution is 2.33. The number of nitrogens with zero attached hydrogens (tertiary/aromatic N) is 3. The molecule has 0 amide bonds. The lowest BCUT2D eigenvalue weighted by molar-refractivity contribution is -0.0702. The fraction of sp³-hybridized carbons (Fsp3) is 0.423. The third-order valence-electron chi connectivity index (χ3n) is 6.70. The van der Waals surface area contributed by atoms with E-state index in [1.54, 1.807) is 19.2 Å². The molecule has 3 aromatic rings. The summed E-state index contributed by atoms with van der Waals surface area (Å²) >= 11 is 0. The van der Waals surface area contributed by atoms with Crippen LogP contribution < -0.4 is 4.74 Å². The van der Waals surface area contributed by atoms with Crippen LogP contribution in [0.2, 0.25) is 0 Å². The molecule has 0 radical (unpaired) electrons. The number of alkyl halides is 2. The first-order chi connectivity index (χ1) is 16.3. The van der Waals surface area contributed by atoms with Crippen molar-refractivity contribution in [2.75, 3.05) is 19.7 Å². The predicted octanol–water partition coefficient (Wildman–Crippen LogP) is 4.31. The van der Waals surface area contributed by atoms with Crippen molar-refractivity contribution >= 4 is 0 Å². The molecular formula is C26H31F2N3O3. The van der Waals surface area contributed by atoms with Gasteiger partial charge in [-0.05, 0) is 32.4 Å². The molecule has 4 rings (SSSR count). The van der Waals surface area contributed by atoms with Gasteiger partial charge in [0.05, 0.1) is 24.1 Å². The van der Waals surface area contributed by atoms with E-state index in [0.29, 0.717) is 18.7 Å². The molecule has 2 heterocycles. The molecule has 182 valence electrons. The van der Waals surface area contributed by atoms with Gasteiger partial charge in [0.25, 0.3) is 0 Å². The molecule has 0 unspecified atom stereocenters. The fourth-order valence-corrected chi connectivity index (χ4v) is 4.66. The molecule has 1 aliphatic rings. The summed E-state index contributed by atoms with van der Waals surface area (Å²) in [6.45, 7) is 0.168. The third kappa shape index (κ3) is 5.29. The van der Waals surface area contributed by atoms with E-state index in [0.717, 1.165) is 42.0 Å². The Labute approximate surface area is 198 Å². The molecule has 0 spiro atoms. The van der Waals surface area contributed by atoms with Gasteiger partial charge in [-0.15, -0.1) is 0 Å². The molecule has 2 aromatic carbocycles. The third-order valence-corrected chi connectivity index (χ3v) is 6.70. The molecule has 8 heteroatoms. The number of benzene rings is 2. The van der Waals surface area contributed by atoms with Crippen molar-refractivity contribution < 1.29 is 23.7 Å². The molecule has 0 bridgehead atoms. The summed E-state index contributed by atoms with van der Waals surface area (Å²) in [6, 6.07) is 15.1. The van der Waals surface area contributed by atoms with Gasteiger partial charge in [-0.25, -0.2) is 4.98 Å². The van der Waals surface area contributed by atoms with E-state index in [4.69, 9.17) is 4.74 Å². The van der Waals surface area contributed by atoms with Crippen molar-refractivity contribution in [1.82, 2.24) is 14.5 Å². The van der Waals surface area contributed by atoms with E-state index in [1.165, 1.54) is 0 Å². The van der Waals surface area contributed by atoms with Gasteiger partial charge in [0.1, 0.15) is 11.6 Å². The Bertz CT molecular complexity index is 1100. The molecule has 0 saturated carbocycles. The van der Waals surface area contributed by atoms with Crippen LogP contribution >= 0.6 is 0 Å². The molecule has 0 aliphatic carbocycles. The van der Waals surface area contributed by atoms with Crippen LogP contribution in [0.25, 0.3) is 22.6 Å². The van der Waals surface area contributed by atoms with Crippen LogP contribution in [0.15, 0.2) is 54.7 Å². The van der Waals surface area contributed by atoms with Crippen LogP contribution in [0.3, 0.4) is 0 Å². The zero-order valence-electron chi connectivity index (χ0n) is 19.5. The average Bonchev–Trinajstić information content (AvgIpc) is 3.22. The Kier molecular flexibility index (Phi) is 7.30. The monoisotopic (exact) mass is 471 g/mol. The van der Waals surface area contributed by atoms with Gasteiger partial charge in [-0.3, -0.25) is 4.90 Å². The molecule has 1 saturated heterocycles. The second-order valence-corrected chi connectivity index (χ2v) is 9.18. The number of aliphatic hydroxyl groups excluding tert-OH is 1. The SMILES string of the molecule is Cn1c(-c2ccc(CN3CCC[C@H]([C@](C)(O)CO)C3)c(OC(F)F)c2)cnc1-c1ccccc1. The smallest absolute Gasteiger partial charge is 0.387 e. The van der Waals surface area contributed by atoms with Gasteiger partial charge in [-0.1, -0.05) is 42.5 Å². The summed E-state index contributed by atoms with van der Waals surface area (Å²) in [7, 11) is 1.90. The Hall–Kier alpha value is -2.81. The number of rotatable bonds is 8. The zero-order chi connectivity index (χ0) is 24.3. The van der Waals surface area contributed by atoms with Gasteiger partial charge in [0.15, 0.2) is 0 Å². The molecule has 1 aromatic heterocycles. The average molecular weight is 472 g/mol. The summed E-state index contributed by atoms with van der Waals surface area (Å²) in [6.07, 6.45) is 3.41. The number of likely N-dealkylation sites (tertiary alicyclic amines) is 1. The number of ether oxygens (including phenoxy) is 1. The first-order valence-electron chi connectivity index (χ1n) is 11.5. The highest BCUT2D eigenvalue weighted by molar-refractivity contribution is 5.67. The number of aliphatic hydroxyl groups is 2. The number of halogens is 2. The van der Waals surface area contributed by atoms with Gasteiger partial charge in [0.2, 0.25) is 0 Å². The molecule has 6 nitrogen and oxygen atoms in total. The highest BCUT2D eigenvalue weighted by Gasteiger charge is 2.34. The van der Waals surface area contributed by atoms with Crippen molar-refractivity contribution in [2.24, 2.45) is 13.0 Å². The minimum atomic E-state index is -2.94. The Balaban J connectivity index is 1.60. The van der Waals surface area contributed by atoms with Gasteiger partial charge < -0.3 is 19.5 Å². The number of hydrogen-bond donors (Lipinski definition) is 2. The van der Waals surface area contributed by atoms with Crippen LogP contribution in [0, 0.1) is 5.92 Å². The minimum Gasteiger partial charge on any atom is -0.434 e. The number of hydrogen-bond acceptors (Lipinski definition) is 5. The van der Waals surface area contributed by atoms with Crippen LogP contribution in [0.1, 0.15) is 25.3 Å². The Morgan fingerprint density at radius 2 is 1.94 bits per heavy atom. The second kappa shape index (κ2) is 10.2. The Morgan fingerprint density at radius 1 is 1.18 bits per heavy atom. The van der Waals surface area contributed by atoms with Crippen LogP contribution in [0.4, 0.5) is 8.78 Å². The normalized spacial score (nSPS) is 18.7. The van der Waals surface area contributed by atoms with Crippen LogP contribution in [-0.4, -0.2) is 56.6 Å². The number of aromatic nitrogens is 2. The van der Waals surface area contributed by atoms with Crippen molar-refractivity contribution in [2.45, 2.75) is 38.5 Å². The largest absolute Gasteiger partial charge is 0.434 e. The second-order valence-electron chi connectivity index (χ2n) is 9.18. The van der Waals surface area contributed by atoms with Crippen molar-refractivity contribution in [3.63, 3.8) is 0 Å². The molecular weight excluding hydrogens is 440 g/mol. The maximum atomic E-state index is 13.3. The minimum absolute atomic E-state index is 0.0872. The molecule has 2 N–H and O–H groups in total. The fourth-order valence-electron chi connectivity index (χ4n) is 4.66. The summed E-state index contributed by atoms with van der Waals surface area (Å²) in [5.74, 6) is 0.827. The lowest BCUT2D eigenvalue weighted by atomic mass is 9.83. The summed E-state index contributed by atoms with van der Waals surface area (Å²) in [5.41, 5.74) is 1.98. The van der Waals surface area contributed by atoms with E-state index < -0.39 is 12.2 Å². The van der Waals surface area contributed by atoms with Crippen molar-refractivity contribution in [3.05, 3.63) is 60.3 Å². The molecule has 1 fully saturated rings. The van der Waals surface area contributed by atoms with Crippen molar-refractivity contribution in [3.8, 4) is 28.4 Å². The van der Waals surface area contributed by atoms with E-state index in [-0.39, 0.29) is 18.3 Å². The maximum absolute atomic E-state index is 13.3. The quantitative estimate of drug-likeness (QED) is 0.512. The highest BCUT2D eigenvalue weighted by atomic mass is 19.3. The van der Waals surface area contributed by atoms with E-state index in [1.807, 2.05) is 54.1 Å². The first-order valence-corrected chi connectivity index (χ1v) is 11.5. The molecule has 2 atom stereocenters. The first kappa shape index (κ1) is 24.3. The van der Waals surface area contributed by atoms with Crippen molar-refractivity contribution in [1.29, 1.82) is 0 Å². The van der Waals surface area contributed by atoms with Gasteiger partial charge in [-0.2, -0.15) is 8.78 Å². The van der Waals surface area contributed by atoms with E-state index in [2.05, 4.69) is 9.88 Å². The van der Waals surface area contributed by atoms with E-state index >= 15 is 0 Å².